The lowest BCUT2D eigenvalue weighted by molar-refractivity contribution is -0.158. The van der Waals surface area contributed by atoms with Crippen molar-refractivity contribution in [1.29, 1.82) is 0 Å². The molecule has 0 aromatic heterocycles. The van der Waals surface area contributed by atoms with Crippen molar-refractivity contribution in [3.05, 3.63) is 35.9 Å². The summed E-state index contributed by atoms with van der Waals surface area (Å²) in [7, 11) is -1.74. The fourth-order valence-electron chi connectivity index (χ4n) is 3.33. The minimum atomic E-state index is -1.74. The lowest BCUT2D eigenvalue weighted by atomic mass is 9.83. The second-order valence-corrected chi connectivity index (χ2v) is 7.99. The Bertz CT molecular complexity index is 737. The van der Waals surface area contributed by atoms with Gasteiger partial charge in [-0.1, -0.05) is 30.3 Å². The number of carboxylic acid groups (broad SMARTS) is 1. The average molecular weight is 350 g/mol. The topological polar surface area (TPSA) is 104 Å². The first-order valence-corrected chi connectivity index (χ1v) is 8.80. The van der Waals surface area contributed by atoms with Gasteiger partial charge in [0.15, 0.2) is 0 Å². The van der Waals surface area contributed by atoms with Gasteiger partial charge in [-0.2, -0.15) is 0 Å². The highest BCUT2D eigenvalue weighted by Crippen LogP contribution is 2.46. The highest BCUT2D eigenvalue weighted by atomic mass is 32.2. The molecule has 1 aromatic rings. The van der Waals surface area contributed by atoms with Gasteiger partial charge in [-0.05, 0) is 12.5 Å². The Hall–Kier alpha value is -2.22. The van der Waals surface area contributed by atoms with Crippen LogP contribution in [0.3, 0.4) is 0 Å². The number of hydrogen-bond acceptors (Lipinski definition) is 4. The first-order chi connectivity index (χ1) is 11.3. The van der Waals surface area contributed by atoms with Crippen LogP contribution in [0.25, 0.3) is 0 Å². The van der Waals surface area contributed by atoms with Crippen molar-refractivity contribution in [2.24, 2.45) is 5.41 Å². The summed E-state index contributed by atoms with van der Waals surface area (Å²) < 4.78 is 13.0. The maximum Gasteiger partial charge on any atom is 0.314 e. The molecule has 3 rings (SSSR count). The van der Waals surface area contributed by atoms with Gasteiger partial charge >= 0.3 is 5.97 Å². The maximum absolute atomic E-state index is 13.0. The van der Waals surface area contributed by atoms with E-state index in [1.165, 1.54) is 18.7 Å². The Morgan fingerprint density at radius 1 is 1.33 bits per heavy atom. The molecule has 2 saturated heterocycles. The van der Waals surface area contributed by atoms with E-state index in [1.807, 2.05) is 6.07 Å². The second kappa shape index (κ2) is 5.70. The van der Waals surface area contributed by atoms with Gasteiger partial charge in [0.2, 0.25) is 11.8 Å². The summed E-state index contributed by atoms with van der Waals surface area (Å²) in [5, 5.41) is 10.4. The van der Waals surface area contributed by atoms with Gasteiger partial charge in [-0.3, -0.25) is 18.6 Å². The van der Waals surface area contributed by atoms with Crippen molar-refractivity contribution < 1.29 is 23.7 Å². The number of rotatable bonds is 3. The van der Waals surface area contributed by atoms with Crippen molar-refractivity contribution in [3.8, 4) is 0 Å². The summed E-state index contributed by atoms with van der Waals surface area (Å²) >= 11 is 0. The number of nitrogens with one attached hydrogen (secondary N) is 1. The largest absolute Gasteiger partial charge is 0.481 e. The molecule has 2 fully saturated rings. The average Bonchev–Trinajstić information content (AvgIpc) is 2.53. The summed E-state index contributed by atoms with van der Waals surface area (Å²) in [4.78, 5) is 37.0. The van der Waals surface area contributed by atoms with Gasteiger partial charge in [-0.15, -0.1) is 0 Å². The summed E-state index contributed by atoms with van der Waals surface area (Å²) in [5.74, 6) is -2.44. The molecule has 0 radical (unpaired) electrons. The molecule has 1 aromatic carbocycles. The first-order valence-electron chi connectivity index (χ1n) is 7.52. The predicted octanol–water partition coefficient (Wildman–Crippen LogP) is 0.254. The van der Waals surface area contributed by atoms with E-state index in [1.54, 1.807) is 24.3 Å². The summed E-state index contributed by atoms with van der Waals surface area (Å²) in [6, 6.07) is 8.99. The van der Waals surface area contributed by atoms with Crippen LogP contribution in [-0.2, 0) is 25.2 Å². The molecule has 2 aliphatic rings. The summed E-state index contributed by atoms with van der Waals surface area (Å²) in [6.07, 6.45) is 0. The Morgan fingerprint density at radius 2 is 1.96 bits per heavy atom. The van der Waals surface area contributed by atoms with Gasteiger partial charge in [0.25, 0.3) is 0 Å². The zero-order chi connectivity index (χ0) is 17.6. The normalized spacial score (nSPS) is 34.9. The number of nitrogens with zero attached hydrogens (tertiary/aromatic N) is 1. The highest BCUT2D eigenvalue weighted by molar-refractivity contribution is 7.86. The Balaban J connectivity index is 1.98. The van der Waals surface area contributed by atoms with Crippen LogP contribution in [0.2, 0.25) is 0 Å². The van der Waals surface area contributed by atoms with E-state index in [0.29, 0.717) is 0 Å². The molecule has 128 valence electrons. The van der Waals surface area contributed by atoms with E-state index in [-0.39, 0.29) is 12.5 Å². The number of amides is 2. The highest BCUT2D eigenvalue weighted by Gasteiger charge is 2.63. The van der Waals surface area contributed by atoms with Crippen molar-refractivity contribution >= 4 is 28.6 Å². The molecule has 2 amide bonds. The second-order valence-electron chi connectivity index (χ2n) is 6.38. The minimum Gasteiger partial charge on any atom is -0.481 e. The van der Waals surface area contributed by atoms with Gasteiger partial charge < -0.3 is 15.3 Å². The monoisotopic (exact) mass is 350 g/mol. The molecule has 2 N–H and O–H groups in total. The molecular weight excluding hydrogens is 332 g/mol. The van der Waals surface area contributed by atoms with Crippen LogP contribution < -0.4 is 5.32 Å². The predicted molar refractivity (Wildman–Crippen MR) is 86.2 cm³/mol. The van der Waals surface area contributed by atoms with Gasteiger partial charge in [0.1, 0.15) is 16.2 Å². The third kappa shape index (κ3) is 2.32. The van der Waals surface area contributed by atoms with E-state index in [4.69, 9.17) is 0 Å². The number of carbonyl (C=O) groups excluding carboxylic acids is 2. The quantitative estimate of drug-likeness (QED) is 0.761. The molecule has 5 atom stereocenters. The fourth-order valence-corrected chi connectivity index (χ4v) is 5.55. The lowest BCUT2D eigenvalue weighted by Crippen LogP contribution is -2.74. The third-order valence-electron chi connectivity index (χ3n) is 4.67. The lowest BCUT2D eigenvalue weighted by Gasteiger charge is -2.55. The van der Waals surface area contributed by atoms with E-state index < -0.39 is 44.8 Å². The van der Waals surface area contributed by atoms with Crippen LogP contribution in [0.1, 0.15) is 25.3 Å². The fraction of sp³-hybridized carbons (Fsp3) is 0.438. The van der Waals surface area contributed by atoms with Gasteiger partial charge in [0, 0.05) is 13.5 Å². The van der Waals surface area contributed by atoms with Crippen molar-refractivity contribution in [2.45, 2.75) is 30.5 Å². The zero-order valence-corrected chi connectivity index (χ0v) is 14.1. The molecule has 0 aliphatic carbocycles. The molecule has 2 aliphatic heterocycles. The number of fused-ring (bicyclic) bond motifs is 1. The van der Waals surface area contributed by atoms with Crippen molar-refractivity contribution in [2.75, 3.05) is 6.54 Å². The van der Waals surface area contributed by atoms with Crippen LogP contribution in [0.4, 0.5) is 0 Å². The van der Waals surface area contributed by atoms with E-state index in [9.17, 15) is 23.7 Å². The molecule has 4 unspecified atom stereocenters. The van der Waals surface area contributed by atoms with Crippen molar-refractivity contribution in [3.63, 3.8) is 0 Å². The number of benzene rings is 1. The Labute approximate surface area is 141 Å². The number of carboxylic acids is 1. The Kier molecular flexibility index (Phi) is 3.95. The van der Waals surface area contributed by atoms with E-state index in [2.05, 4.69) is 5.32 Å². The molecule has 0 spiro atoms. The molecule has 0 bridgehead atoms. The smallest absolute Gasteiger partial charge is 0.314 e. The number of hydrogen-bond donors (Lipinski definition) is 2. The molecular formula is C16H18N2O5S. The minimum absolute atomic E-state index is 0.0775. The summed E-state index contributed by atoms with van der Waals surface area (Å²) in [6.45, 7) is 2.59. The zero-order valence-electron chi connectivity index (χ0n) is 13.3. The van der Waals surface area contributed by atoms with Crippen LogP contribution in [-0.4, -0.2) is 49.3 Å². The molecule has 8 heteroatoms. The van der Waals surface area contributed by atoms with E-state index in [0.717, 1.165) is 5.56 Å². The van der Waals surface area contributed by atoms with Crippen LogP contribution in [0.5, 0.6) is 0 Å². The molecule has 7 nitrogen and oxygen atoms in total. The standard InChI is InChI=1S/C16H18N2O5S/c1-9(19)17-14-16(2,15(21)22)8-18-12(20)11(13(18)24(14)23)10-6-4-3-5-7-10/h3-7,11,13-14H,8H2,1-2H3,(H,17,19)(H,21,22)/t11?,13-,14?,16?,24?/m1/s1. The van der Waals surface area contributed by atoms with Crippen LogP contribution in [0, 0.1) is 5.41 Å². The first kappa shape index (κ1) is 16.6. The number of aliphatic carboxylic acids is 1. The molecule has 2 heterocycles. The Morgan fingerprint density at radius 3 is 2.50 bits per heavy atom. The van der Waals surface area contributed by atoms with E-state index >= 15 is 0 Å². The van der Waals surface area contributed by atoms with Crippen LogP contribution in [0.15, 0.2) is 30.3 Å². The van der Waals surface area contributed by atoms with Gasteiger partial charge in [-0.25, -0.2) is 0 Å². The SMILES string of the molecule is CC(=O)NC1S(=O)[C@@H]2C(c3ccccc3)C(=O)N2CC1(C)C(=O)O. The number of β-lactam (4-membered cyclic amide) rings is 1. The maximum atomic E-state index is 13.0. The summed E-state index contributed by atoms with van der Waals surface area (Å²) in [5.41, 5.74) is -0.748. The third-order valence-corrected chi connectivity index (χ3v) is 6.78. The van der Waals surface area contributed by atoms with Crippen LogP contribution >= 0.6 is 0 Å². The molecule has 0 saturated carbocycles. The molecule has 24 heavy (non-hydrogen) atoms. The van der Waals surface area contributed by atoms with Crippen molar-refractivity contribution in [1.82, 2.24) is 10.2 Å². The van der Waals surface area contributed by atoms with Gasteiger partial charge in [0.05, 0.1) is 16.7 Å². The number of carbonyl (C=O) groups is 3.